The van der Waals surface area contributed by atoms with Crippen LogP contribution in [-0.2, 0) is 9.53 Å². The molecule has 1 unspecified atom stereocenters. The standard InChI is InChI=1S/C29H37N7O4/c1-29(2,3)39-28(38)36-13-5-8-24(36)27(37)35-14-11-18(12-15-35)19-6-4-7-20(16-19)25-22-17-21(26(32-30)33-31)9-10-23(22)34-40-25/h4,6-7,9-10,16-18,24H,5,8,11-15,30-31H2,1-3H3,(H,32,33). The summed E-state index contributed by atoms with van der Waals surface area (Å²) in [6.45, 7) is 7.36. The number of hydrazine groups is 1. The second kappa shape index (κ2) is 11.2. The molecule has 0 radical (unpaired) electrons. The van der Waals surface area contributed by atoms with Gasteiger partial charge in [0, 0.05) is 30.8 Å². The van der Waals surface area contributed by atoms with Crippen LogP contribution in [0.4, 0.5) is 4.79 Å². The number of amides is 2. The number of nitrogens with two attached hydrogens (primary N) is 2. The average Bonchev–Trinajstić information content (AvgIpc) is 3.60. The number of amidine groups is 1. The first-order valence-corrected chi connectivity index (χ1v) is 13.7. The molecule has 11 nitrogen and oxygen atoms in total. The zero-order valence-corrected chi connectivity index (χ0v) is 23.2. The van der Waals surface area contributed by atoms with E-state index in [2.05, 4.69) is 27.8 Å². The minimum absolute atomic E-state index is 0.0202. The molecule has 40 heavy (non-hydrogen) atoms. The van der Waals surface area contributed by atoms with Gasteiger partial charge >= 0.3 is 6.09 Å². The first-order valence-electron chi connectivity index (χ1n) is 13.7. The maximum absolute atomic E-state index is 13.4. The number of piperidine rings is 1. The molecule has 2 aliphatic heterocycles. The highest BCUT2D eigenvalue weighted by molar-refractivity contribution is 6.03. The quantitative estimate of drug-likeness (QED) is 0.194. The monoisotopic (exact) mass is 547 g/mol. The number of ether oxygens (including phenoxy) is 1. The average molecular weight is 548 g/mol. The van der Waals surface area contributed by atoms with Crippen LogP contribution in [0.15, 0.2) is 52.1 Å². The number of benzene rings is 2. The van der Waals surface area contributed by atoms with Gasteiger partial charge in [-0.2, -0.15) is 5.10 Å². The van der Waals surface area contributed by atoms with Crippen molar-refractivity contribution < 1.29 is 18.8 Å². The summed E-state index contributed by atoms with van der Waals surface area (Å²) in [6.07, 6.45) is 2.75. The highest BCUT2D eigenvalue weighted by Gasteiger charge is 2.39. The maximum atomic E-state index is 13.4. The molecule has 5 N–H and O–H groups in total. The molecule has 1 atom stereocenters. The molecule has 2 aromatic carbocycles. The smallest absolute Gasteiger partial charge is 0.410 e. The molecule has 3 heterocycles. The van der Waals surface area contributed by atoms with E-state index in [0.717, 1.165) is 41.3 Å². The van der Waals surface area contributed by atoms with Gasteiger partial charge < -0.3 is 25.4 Å². The molecule has 3 aromatic rings. The molecule has 0 bridgehead atoms. The van der Waals surface area contributed by atoms with Gasteiger partial charge in [-0.1, -0.05) is 23.4 Å². The van der Waals surface area contributed by atoms with E-state index < -0.39 is 17.7 Å². The van der Waals surface area contributed by atoms with Crippen LogP contribution in [0.3, 0.4) is 0 Å². The Balaban J connectivity index is 1.27. The second-order valence-corrected chi connectivity index (χ2v) is 11.4. The van der Waals surface area contributed by atoms with Gasteiger partial charge in [0.05, 0.1) is 5.39 Å². The first kappa shape index (κ1) is 27.4. The van der Waals surface area contributed by atoms with Gasteiger partial charge in [0.25, 0.3) is 0 Å². The van der Waals surface area contributed by atoms with Gasteiger partial charge in [-0.3, -0.25) is 9.69 Å². The summed E-state index contributed by atoms with van der Waals surface area (Å²) in [5.74, 6) is 12.3. The number of rotatable bonds is 4. The molecule has 2 aliphatic rings. The number of carbonyl (C=O) groups excluding carboxylic acids is 2. The molecule has 2 fully saturated rings. The minimum Gasteiger partial charge on any atom is -0.444 e. The zero-order valence-electron chi connectivity index (χ0n) is 23.2. The summed E-state index contributed by atoms with van der Waals surface area (Å²) in [5.41, 5.74) is 5.46. The van der Waals surface area contributed by atoms with Crippen molar-refractivity contribution in [2.75, 3.05) is 19.6 Å². The topological polar surface area (TPSA) is 152 Å². The predicted octanol–water partition coefficient (Wildman–Crippen LogP) is 3.68. The van der Waals surface area contributed by atoms with Gasteiger partial charge in [-0.15, -0.1) is 0 Å². The van der Waals surface area contributed by atoms with E-state index >= 15 is 0 Å². The van der Waals surface area contributed by atoms with Crippen LogP contribution in [0.1, 0.15) is 63.5 Å². The van der Waals surface area contributed by atoms with Gasteiger partial charge in [0.1, 0.15) is 17.2 Å². The lowest BCUT2D eigenvalue weighted by Crippen LogP contribution is -2.50. The molecular weight excluding hydrogens is 510 g/mol. The van der Waals surface area contributed by atoms with Crippen LogP contribution in [0.2, 0.25) is 0 Å². The summed E-state index contributed by atoms with van der Waals surface area (Å²) in [6, 6.07) is 13.4. The lowest BCUT2D eigenvalue weighted by atomic mass is 9.88. The summed E-state index contributed by atoms with van der Waals surface area (Å²) in [7, 11) is 0. The lowest BCUT2D eigenvalue weighted by molar-refractivity contribution is -0.137. The van der Waals surface area contributed by atoms with Crippen LogP contribution in [-0.4, -0.2) is 64.1 Å². The summed E-state index contributed by atoms with van der Waals surface area (Å²) in [5, 5.41) is 8.74. The molecule has 2 amide bonds. The highest BCUT2D eigenvalue weighted by Crippen LogP contribution is 2.35. The van der Waals surface area contributed by atoms with Crippen molar-refractivity contribution in [1.29, 1.82) is 0 Å². The molecule has 0 saturated carbocycles. The van der Waals surface area contributed by atoms with Gasteiger partial charge in [-0.05, 0) is 82.2 Å². The van der Waals surface area contributed by atoms with Crippen LogP contribution in [0, 0.1) is 0 Å². The number of likely N-dealkylation sites (tertiary alicyclic amines) is 2. The highest BCUT2D eigenvalue weighted by atomic mass is 16.6. The SMILES string of the molecule is CC(C)(C)OC(=O)N1CCCC1C(=O)N1CCC(c2cccc(-c3onc4ccc(/C(=N/N)NN)cc34)c2)CC1. The Morgan fingerprint density at radius 1 is 1.10 bits per heavy atom. The van der Waals surface area contributed by atoms with Crippen molar-refractivity contribution >= 4 is 28.7 Å². The fourth-order valence-electron chi connectivity index (χ4n) is 5.63. The Bertz CT molecular complexity index is 1420. The number of hydrazone groups is 1. The van der Waals surface area contributed by atoms with E-state index in [1.165, 1.54) is 5.56 Å². The third-order valence-electron chi connectivity index (χ3n) is 7.61. The Morgan fingerprint density at radius 3 is 2.58 bits per heavy atom. The van der Waals surface area contributed by atoms with E-state index in [9.17, 15) is 9.59 Å². The summed E-state index contributed by atoms with van der Waals surface area (Å²) in [4.78, 5) is 29.6. The van der Waals surface area contributed by atoms with E-state index in [1.807, 2.05) is 56.0 Å². The van der Waals surface area contributed by atoms with Crippen molar-refractivity contribution in [2.24, 2.45) is 16.8 Å². The Kier molecular flexibility index (Phi) is 7.66. The number of carbonyl (C=O) groups is 2. The van der Waals surface area contributed by atoms with Crippen molar-refractivity contribution in [3.05, 3.63) is 53.6 Å². The van der Waals surface area contributed by atoms with Crippen LogP contribution in [0.25, 0.3) is 22.2 Å². The van der Waals surface area contributed by atoms with Gasteiger partial charge in [0.2, 0.25) is 5.91 Å². The molecule has 5 rings (SSSR count). The molecule has 2 saturated heterocycles. The van der Waals surface area contributed by atoms with Crippen molar-refractivity contribution in [2.45, 2.75) is 64.0 Å². The van der Waals surface area contributed by atoms with E-state index in [4.69, 9.17) is 20.9 Å². The fourth-order valence-corrected chi connectivity index (χ4v) is 5.63. The zero-order chi connectivity index (χ0) is 28.4. The van der Waals surface area contributed by atoms with Crippen molar-refractivity contribution in [3.8, 4) is 11.3 Å². The Hall–Kier alpha value is -4.12. The summed E-state index contributed by atoms with van der Waals surface area (Å²) >= 11 is 0. The molecule has 212 valence electrons. The number of fused-ring (bicyclic) bond motifs is 1. The number of hydrogen-bond acceptors (Lipinski definition) is 8. The molecule has 1 aromatic heterocycles. The maximum Gasteiger partial charge on any atom is 0.410 e. The van der Waals surface area contributed by atoms with Crippen molar-refractivity contribution in [3.63, 3.8) is 0 Å². The molecule has 11 heteroatoms. The fraction of sp³-hybridized carbons (Fsp3) is 0.448. The number of hydrogen-bond donors (Lipinski definition) is 3. The minimum atomic E-state index is -0.593. The Labute approximate surface area is 233 Å². The number of aromatic nitrogens is 1. The third kappa shape index (κ3) is 5.60. The van der Waals surface area contributed by atoms with Crippen LogP contribution < -0.4 is 17.1 Å². The van der Waals surface area contributed by atoms with E-state index in [1.54, 1.807) is 4.90 Å². The second-order valence-electron chi connectivity index (χ2n) is 11.4. The van der Waals surface area contributed by atoms with Crippen LogP contribution >= 0.6 is 0 Å². The summed E-state index contributed by atoms with van der Waals surface area (Å²) < 4.78 is 11.3. The van der Waals surface area contributed by atoms with E-state index in [-0.39, 0.29) is 5.91 Å². The van der Waals surface area contributed by atoms with E-state index in [0.29, 0.717) is 43.6 Å². The first-order chi connectivity index (χ1) is 19.2. The third-order valence-corrected chi connectivity index (χ3v) is 7.61. The molecule has 0 spiro atoms. The largest absolute Gasteiger partial charge is 0.444 e. The number of nitrogens with one attached hydrogen (secondary N) is 1. The number of nitrogens with zero attached hydrogens (tertiary/aromatic N) is 4. The van der Waals surface area contributed by atoms with Gasteiger partial charge in [0.15, 0.2) is 11.6 Å². The molecule has 0 aliphatic carbocycles. The Morgan fingerprint density at radius 2 is 1.88 bits per heavy atom. The molecular formula is C29H37N7O4. The lowest BCUT2D eigenvalue weighted by Gasteiger charge is -2.36. The van der Waals surface area contributed by atoms with Crippen molar-refractivity contribution in [1.82, 2.24) is 20.4 Å². The predicted molar refractivity (Wildman–Crippen MR) is 152 cm³/mol. The van der Waals surface area contributed by atoms with Gasteiger partial charge in [-0.25, -0.2) is 10.6 Å². The van der Waals surface area contributed by atoms with Crippen LogP contribution in [0.5, 0.6) is 0 Å². The normalized spacial score (nSPS) is 18.8.